The molecular weight excluding hydrogens is 314 g/mol. The highest BCUT2D eigenvalue weighted by molar-refractivity contribution is 5.95. The van der Waals surface area contributed by atoms with Crippen LogP contribution in [0.2, 0.25) is 0 Å². The van der Waals surface area contributed by atoms with Crippen LogP contribution < -0.4 is 10.5 Å². The zero-order chi connectivity index (χ0) is 15.6. The second-order valence-corrected chi connectivity index (χ2v) is 5.45. The first-order chi connectivity index (χ1) is 9.88. The Labute approximate surface area is 135 Å². The molecule has 1 saturated heterocycles. The average Bonchev–Trinajstić information content (AvgIpc) is 2.42. The molecular formula is C15H21ClF2N2O2. The second kappa shape index (κ2) is 7.74. The summed E-state index contributed by atoms with van der Waals surface area (Å²) >= 11 is 0. The fourth-order valence-electron chi connectivity index (χ4n) is 2.63. The van der Waals surface area contributed by atoms with Gasteiger partial charge in [-0.25, -0.2) is 0 Å². The highest BCUT2D eigenvalue weighted by Gasteiger charge is 2.23. The number of rotatable bonds is 3. The highest BCUT2D eigenvalue weighted by atomic mass is 35.5. The van der Waals surface area contributed by atoms with Crippen LogP contribution in [0.1, 0.15) is 34.3 Å². The van der Waals surface area contributed by atoms with Crippen molar-refractivity contribution in [1.82, 2.24) is 4.90 Å². The van der Waals surface area contributed by atoms with Gasteiger partial charge in [0.15, 0.2) is 0 Å². The quantitative estimate of drug-likeness (QED) is 0.924. The number of carbonyl (C=O) groups is 1. The van der Waals surface area contributed by atoms with Crippen molar-refractivity contribution < 1.29 is 18.3 Å². The molecule has 2 N–H and O–H groups in total. The van der Waals surface area contributed by atoms with Gasteiger partial charge in [0.2, 0.25) is 0 Å². The first kappa shape index (κ1) is 18.6. The van der Waals surface area contributed by atoms with Gasteiger partial charge in [0, 0.05) is 24.7 Å². The summed E-state index contributed by atoms with van der Waals surface area (Å²) in [5.41, 5.74) is 7.40. The number of ether oxygens (including phenoxy) is 1. The van der Waals surface area contributed by atoms with E-state index >= 15 is 0 Å². The lowest BCUT2D eigenvalue weighted by Gasteiger charge is -2.30. The first-order valence-corrected chi connectivity index (χ1v) is 6.99. The van der Waals surface area contributed by atoms with E-state index in [0.717, 1.165) is 12.8 Å². The van der Waals surface area contributed by atoms with E-state index in [4.69, 9.17) is 5.73 Å². The van der Waals surface area contributed by atoms with Crippen LogP contribution in [0.4, 0.5) is 8.78 Å². The fourth-order valence-corrected chi connectivity index (χ4v) is 2.63. The van der Waals surface area contributed by atoms with E-state index in [-0.39, 0.29) is 30.1 Å². The number of likely N-dealkylation sites (tertiary alicyclic amines) is 1. The molecule has 2 rings (SSSR count). The third-order valence-corrected chi connectivity index (χ3v) is 3.74. The van der Waals surface area contributed by atoms with Gasteiger partial charge in [0.25, 0.3) is 5.91 Å². The largest absolute Gasteiger partial charge is 0.434 e. The van der Waals surface area contributed by atoms with E-state index in [0.29, 0.717) is 29.8 Å². The Hall–Kier alpha value is -1.40. The predicted octanol–water partition coefficient (Wildman–Crippen LogP) is 2.89. The van der Waals surface area contributed by atoms with Gasteiger partial charge in [0.05, 0.1) is 0 Å². The maximum absolute atomic E-state index is 12.4. The van der Waals surface area contributed by atoms with Gasteiger partial charge in [-0.2, -0.15) is 8.78 Å². The van der Waals surface area contributed by atoms with Crippen LogP contribution in [0.15, 0.2) is 12.1 Å². The van der Waals surface area contributed by atoms with E-state index in [9.17, 15) is 13.6 Å². The molecule has 0 unspecified atom stereocenters. The summed E-state index contributed by atoms with van der Waals surface area (Å²) in [5, 5.41) is 0. The molecule has 0 atom stereocenters. The van der Waals surface area contributed by atoms with Crippen molar-refractivity contribution >= 4 is 18.3 Å². The molecule has 0 aliphatic carbocycles. The topological polar surface area (TPSA) is 55.6 Å². The van der Waals surface area contributed by atoms with Crippen molar-refractivity contribution in [1.29, 1.82) is 0 Å². The third-order valence-electron chi connectivity index (χ3n) is 3.74. The summed E-state index contributed by atoms with van der Waals surface area (Å²) < 4.78 is 29.2. The SMILES string of the molecule is Cc1cc(C(=O)N2CCC(N)CC2)cc(C)c1OC(F)F.Cl. The molecule has 1 aromatic rings. The molecule has 124 valence electrons. The van der Waals surface area contributed by atoms with Crippen molar-refractivity contribution in [2.75, 3.05) is 13.1 Å². The summed E-state index contributed by atoms with van der Waals surface area (Å²) in [6.45, 7) is 1.72. The third kappa shape index (κ3) is 4.30. The second-order valence-electron chi connectivity index (χ2n) is 5.45. The van der Waals surface area contributed by atoms with E-state index in [1.165, 1.54) is 0 Å². The number of halogens is 3. The molecule has 0 spiro atoms. The molecule has 1 heterocycles. The smallest absolute Gasteiger partial charge is 0.387 e. The van der Waals surface area contributed by atoms with Crippen LogP contribution in [0.5, 0.6) is 5.75 Å². The molecule has 0 aromatic heterocycles. The Kier molecular flexibility index (Phi) is 6.56. The minimum absolute atomic E-state index is 0. The normalized spacial score (nSPS) is 15.6. The minimum Gasteiger partial charge on any atom is -0.434 e. The Bertz CT molecular complexity index is 509. The highest BCUT2D eigenvalue weighted by Crippen LogP contribution is 2.27. The number of nitrogens with two attached hydrogens (primary N) is 1. The molecule has 0 radical (unpaired) electrons. The number of hydrogen-bond donors (Lipinski definition) is 1. The lowest BCUT2D eigenvalue weighted by atomic mass is 10.0. The molecule has 0 bridgehead atoms. The number of nitrogens with zero attached hydrogens (tertiary/aromatic N) is 1. The number of benzene rings is 1. The zero-order valence-corrected chi connectivity index (χ0v) is 13.5. The maximum atomic E-state index is 12.4. The lowest BCUT2D eigenvalue weighted by molar-refractivity contribution is -0.0507. The van der Waals surface area contributed by atoms with E-state index in [1.807, 2.05) is 0 Å². The van der Waals surface area contributed by atoms with E-state index < -0.39 is 6.61 Å². The molecule has 1 aromatic carbocycles. The van der Waals surface area contributed by atoms with Gasteiger partial charge in [-0.05, 0) is 49.9 Å². The average molecular weight is 335 g/mol. The van der Waals surface area contributed by atoms with Crippen LogP contribution in [0.25, 0.3) is 0 Å². The van der Waals surface area contributed by atoms with Crippen molar-refractivity contribution in [3.05, 3.63) is 28.8 Å². The van der Waals surface area contributed by atoms with E-state index in [2.05, 4.69) is 4.74 Å². The molecule has 0 saturated carbocycles. The van der Waals surface area contributed by atoms with Gasteiger partial charge in [0.1, 0.15) is 5.75 Å². The van der Waals surface area contributed by atoms with Crippen LogP contribution in [0.3, 0.4) is 0 Å². The summed E-state index contributed by atoms with van der Waals surface area (Å²) in [7, 11) is 0. The van der Waals surface area contributed by atoms with Gasteiger partial charge in [-0.3, -0.25) is 4.79 Å². The van der Waals surface area contributed by atoms with Crippen LogP contribution in [-0.4, -0.2) is 36.5 Å². The van der Waals surface area contributed by atoms with Gasteiger partial charge >= 0.3 is 6.61 Å². The van der Waals surface area contributed by atoms with Crippen LogP contribution >= 0.6 is 12.4 Å². The Morgan fingerprint density at radius 3 is 2.23 bits per heavy atom. The summed E-state index contributed by atoms with van der Waals surface area (Å²) in [6, 6.07) is 3.35. The molecule has 22 heavy (non-hydrogen) atoms. The Balaban J connectivity index is 0.00000242. The maximum Gasteiger partial charge on any atom is 0.387 e. The lowest BCUT2D eigenvalue weighted by Crippen LogP contribution is -2.42. The number of alkyl halides is 2. The number of carbonyl (C=O) groups excluding carboxylic acids is 1. The van der Waals surface area contributed by atoms with Gasteiger partial charge < -0.3 is 15.4 Å². The number of aryl methyl sites for hydroxylation is 2. The van der Waals surface area contributed by atoms with Crippen molar-refractivity contribution in [3.63, 3.8) is 0 Å². The Morgan fingerprint density at radius 2 is 1.77 bits per heavy atom. The van der Waals surface area contributed by atoms with Gasteiger partial charge in [-0.1, -0.05) is 0 Å². The molecule has 1 aliphatic heterocycles. The fraction of sp³-hybridized carbons (Fsp3) is 0.533. The van der Waals surface area contributed by atoms with Gasteiger partial charge in [-0.15, -0.1) is 12.4 Å². The molecule has 7 heteroatoms. The monoisotopic (exact) mass is 334 g/mol. The van der Waals surface area contributed by atoms with Crippen molar-refractivity contribution in [2.24, 2.45) is 5.73 Å². The predicted molar refractivity (Wildman–Crippen MR) is 82.9 cm³/mol. The van der Waals surface area contributed by atoms with Crippen LogP contribution in [0, 0.1) is 13.8 Å². The number of hydrogen-bond acceptors (Lipinski definition) is 3. The molecule has 1 aliphatic rings. The number of amides is 1. The number of piperidine rings is 1. The molecule has 4 nitrogen and oxygen atoms in total. The van der Waals surface area contributed by atoms with Crippen LogP contribution in [-0.2, 0) is 0 Å². The summed E-state index contributed by atoms with van der Waals surface area (Å²) in [6.07, 6.45) is 1.58. The minimum atomic E-state index is -2.87. The molecule has 1 amide bonds. The summed E-state index contributed by atoms with van der Waals surface area (Å²) in [5.74, 6) is 0.0545. The van der Waals surface area contributed by atoms with E-state index in [1.54, 1.807) is 30.9 Å². The van der Waals surface area contributed by atoms with Crippen molar-refractivity contribution in [2.45, 2.75) is 39.3 Å². The van der Waals surface area contributed by atoms with Crippen molar-refractivity contribution in [3.8, 4) is 5.75 Å². The standard InChI is InChI=1S/C15H20F2N2O2.ClH/c1-9-7-11(8-10(2)13(9)21-15(16)17)14(20)19-5-3-12(18)4-6-19;/h7-8,12,15H,3-6,18H2,1-2H3;1H. The summed E-state index contributed by atoms with van der Waals surface area (Å²) in [4.78, 5) is 14.2. The first-order valence-electron chi connectivity index (χ1n) is 6.99. The Morgan fingerprint density at radius 1 is 1.27 bits per heavy atom. The molecule has 1 fully saturated rings. The zero-order valence-electron chi connectivity index (χ0n) is 12.6.